The zero-order valence-electron chi connectivity index (χ0n) is 12.6. The number of hydrogen-bond acceptors (Lipinski definition) is 4. The summed E-state index contributed by atoms with van der Waals surface area (Å²) >= 11 is 0. The molecule has 4 nitrogen and oxygen atoms in total. The number of aliphatic hydroxyl groups is 1. The third-order valence-electron chi connectivity index (χ3n) is 2.84. The molecule has 0 aromatic rings. The molecule has 0 spiro atoms. The number of aliphatic hydroxyl groups excluding tert-OH is 1. The molecule has 0 aromatic carbocycles. The van der Waals surface area contributed by atoms with Crippen LogP contribution < -0.4 is 113 Å². The van der Waals surface area contributed by atoms with E-state index in [9.17, 15) is 14.4 Å². The summed E-state index contributed by atoms with van der Waals surface area (Å²) in [5.74, 6) is 0. The number of rotatable bonds is 12. The minimum Gasteiger partial charge on any atom is -0.811 e. The molecule has 0 saturated heterocycles. The molecule has 7 heteroatoms. The van der Waals surface area contributed by atoms with Crippen molar-refractivity contribution in [1.29, 1.82) is 0 Å². The third-order valence-corrected chi connectivity index (χ3v) is 3.70. The molecule has 0 aliphatic carbocycles. The van der Waals surface area contributed by atoms with E-state index in [1.807, 2.05) is 0 Å². The standard InChI is InChI=1S/C12H27O4P.2K/c13-11-9-7-5-3-1-2-4-6-8-10-12-17(14,15)16;;/h13H,1-12H2,(H2,14,15,16);;/q;2*+1/p-2. The molecule has 0 atom stereocenters. The molecule has 19 heavy (non-hydrogen) atoms. The Morgan fingerprint density at radius 2 is 1.00 bits per heavy atom. The molecule has 1 N–H and O–H groups in total. The first-order chi connectivity index (χ1) is 8.06. The average Bonchev–Trinajstić information content (AvgIpc) is 2.24. The van der Waals surface area contributed by atoms with Crippen LogP contribution in [0.5, 0.6) is 0 Å². The predicted octanol–water partition coefficient (Wildman–Crippen LogP) is -4.20. The van der Waals surface area contributed by atoms with Crippen molar-refractivity contribution >= 4 is 7.60 Å². The first-order valence-corrected chi connectivity index (χ1v) is 8.41. The molecular weight excluding hydrogens is 317 g/mol. The van der Waals surface area contributed by atoms with Crippen molar-refractivity contribution in [1.82, 2.24) is 0 Å². The smallest absolute Gasteiger partial charge is 0.811 e. The summed E-state index contributed by atoms with van der Waals surface area (Å²) in [6, 6.07) is 0. The van der Waals surface area contributed by atoms with Gasteiger partial charge in [-0.1, -0.05) is 59.0 Å². The molecule has 0 bridgehead atoms. The summed E-state index contributed by atoms with van der Waals surface area (Å²) in [6.45, 7) is 0.295. The van der Waals surface area contributed by atoms with Gasteiger partial charge < -0.3 is 19.5 Å². The van der Waals surface area contributed by atoms with Gasteiger partial charge in [0, 0.05) is 6.61 Å². The molecule has 0 rings (SSSR count). The normalized spacial score (nSPS) is 10.7. The molecule has 0 aliphatic rings. The first-order valence-electron chi connectivity index (χ1n) is 6.68. The van der Waals surface area contributed by atoms with E-state index in [1.54, 1.807) is 0 Å². The van der Waals surface area contributed by atoms with E-state index in [0.717, 1.165) is 32.1 Å². The van der Waals surface area contributed by atoms with Gasteiger partial charge in [0.2, 0.25) is 0 Å². The first kappa shape index (κ1) is 27.2. The summed E-state index contributed by atoms with van der Waals surface area (Å²) in [4.78, 5) is 20.7. The Bertz CT molecular complexity index is 212. The predicted molar refractivity (Wildman–Crippen MR) is 65.7 cm³/mol. The van der Waals surface area contributed by atoms with Gasteiger partial charge in [-0.05, 0) is 19.0 Å². The van der Waals surface area contributed by atoms with Gasteiger partial charge in [0.05, 0.1) is 0 Å². The maximum absolute atomic E-state index is 10.3. The Kier molecular flexibility index (Phi) is 27.9. The van der Waals surface area contributed by atoms with E-state index >= 15 is 0 Å². The molecule has 0 amide bonds. The minimum atomic E-state index is -4.26. The van der Waals surface area contributed by atoms with Gasteiger partial charge in [0.1, 0.15) is 0 Å². The van der Waals surface area contributed by atoms with E-state index in [0.29, 0.717) is 13.0 Å². The Balaban J connectivity index is -0.00000128. The second kappa shape index (κ2) is 19.4. The quantitative estimate of drug-likeness (QED) is 0.221. The molecule has 0 aromatic heterocycles. The van der Waals surface area contributed by atoms with Gasteiger partial charge in [-0.2, -0.15) is 0 Å². The van der Waals surface area contributed by atoms with Gasteiger partial charge in [-0.3, -0.25) is 0 Å². The maximum atomic E-state index is 10.3. The van der Waals surface area contributed by atoms with Gasteiger partial charge in [-0.25, -0.2) is 0 Å². The maximum Gasteiger partial charge on any atom is 1.00 e. The fourth-order valence-electron chi connectivity index (χ4n) is 1.83. The monoisotopic (exact) mass is 342 g/mol. The molecule has 0 unspecified atom stereocenters. The van der Waals surface area contributed by atoms with Crippen LogP contribution in [0.3, 0.4) is 0 Å². The Hall–Kier alpha value is 3.38. The van der Waals surface area contributed by atoms with Crippen LogP contribution in [0.15, 0.2) is 0 Å². The SMILES string of the molecule is O=P([O-])([O-])CCCCCCCCCCCCO.[K+].[K+]. The second-order valence-corrected chi connectivity index (χ2v) is 6.26. The van der Waals surface area contributed by atoms with Crippen molar-refractivity contribution < 1.29 is 122 Å². The molecular formula is C12H25K2O4P. The zero-order valence-corrected chi connectivity index (χ0v) is 19.7. The van der Waals surface area contributed by atoms with Crippen LogP contribution in [0.1, 0.15) is 64.2 Å². The molecule has 0 fully saturated rings. The Morgan fingerprint density at radius 3 is 1.32 bits per heavy atom. The van der Waals surface area contributed by atoms with Crippen molar-refractivity contribution in [3.63, 3.8) is 0 Å². The summed E-state index contributed by atoms with van der Waals surface area (Å²) < 4.78 is 10.3. The Morgan fingerprint density at radius 1 is 0.684 bits per heavy atom. The largest absolute Gasteiger partial charge is 1.00 e. The summed E-state index contributed by atoms with van der Waals surface area (Å²) in [5, 5.41) is 8.58. The topological polar surface area (TPSA) is 83.4 Å². The van der Waals surface area contributed by atoms with Crippen LogP contribution in [0.2, 0.25) is 0 Å². The van der Waals surface area contributed by atoms with Crippen LogP contribution >= 0.6 is 7.60 Å². The zero-order chi connectivity index (χ0) is 13.0. The van der Waals surface area contributed by atoms with Gasteiger partial charge >= 0.3 is 103 Å². The van der Waals surface area contributed by atoms with Crippen molar-refractivity contribution in [3.05, 3.63) is 0 Å². The Labute approximate surface area is 202 Å². The molecule has 0 heterocycles. The molecule has 0 aliphatic heterocycles. The van der Waals surface area contributed by atoms with E-state index in [2.05, 4.69) is 0 Å². The molecule has 0 saturated carbocycles. The fourth-order valence-corrected chi connectivity index (χ4v) is 2.44. The summed E-state index contributed by atoms with van der Waals surface area (Å²) in [5.41, 5.74) is 0. The average molecular weight is 342 g/mol. The van der Waals surface area contributed by atoms with Crippen molar-refractivity contribution in [3.8, 4) is 0 Å². The number of unbranched alkanes of at least 4 members (excludes halogenated alkanes) is 9. The van der Waals surface area contributed by atoms with Gasteiger partial charge in [0.25, 0.3) is 0 Å². The fraction of sp³-hybridized carbons (Fsp3) is 1.00. The van der Waals surface area contributed by atoms with Crippen molar-refractivity contribution in [2.75, 3.05) is 12.8 Å². The third kappa shape index (κ3) is 26.6. The van der Waals surface area contributed by atoms with Crippen LogP contribution in [-0.2, 0) is 4.57 Å². The van der Waals surface area contributed by atoms with Crippen LogP contribution in [0.25, 0.3) is 0 Å². The van der Waals surface area contributed by atoms with Crippen LogP contribution in [-0.4, -0.2) is 17.9 Å². The minimum absolute atomic E-state index is 0. The summed E-state index contributed by atoms with van der Waals surface area (Å²) in [6.07, 6.45) is 10.2. The summed E-state index contributed by atoms with van der Waals surface area (Å²) in [7, 11) is -4.26. The molecule has 0 radical (unpaired) electrons. The van der Waals surface area contributed by atoms with E-state index < -0.39 is 7.60 Å². The van der Waals surface area contributed by atoms with Crippen molar-refractivity contribution in [2.24, 2.45) is 0 Å². The van der Waals surface area contributed by atoms with Crippen LogP contribution in [0, 0.1) is 0 Å². The van der Waals surface area contributed by atoms with E-state index in [1.165, 1.54) is 25.7 Å². The number of hydrogen-bond donors (Lipinski definition) is 1. The van der Waals surface area contributed by atoms with Gasteiger partial charge in [-0.15, -0.1) is 0 Å². The van der Waals surface area contributed by atoms with Crippen molar-refractivity contribution in [2.45, 2.75) is 64.2 Å². The van der Waals surface area contributed by atoms with Gasteiger partial charge in [0.15, 0.2) is 0 Å². The van der Waals surface area contributed by atoms with E-state index in [-0.39, 0.29) is 109 Å². The van der Waals surface area contributed by atoms with E-state index in [4.69, 9.17) is 5.11 Å². The van der Waals surface area contributed by atoms with Crippen LogP contribution in [0.4, 0.5) is 0 Å². The second-order valence-electron chi connectivity index (χ2n) is 4.59. The molecule has 104 valence electrons.